The van der Waals surface area contributed by atoms with Crippen molar-refractivity contribution in [2.24, 2.45) is 0 Å². The van der Waals surface area contributed by atoms with E-state index in [1.807, 2.05) is 4.57 Å². The lowest BCUT2D eigenvalue weighted by Crippen LogP contribution is -2.01. The van der Waals surface area contributed by atoms with Crippen molar-refractivity contribution in [3.05, 3.63) is 72.1 Å². The second-order valence-electron chi connectivity index (χ2n) is 6.83. The van der Waals surface area contributed by atoms with Gasteiger partial charge in [0.1, 0.15) is 17.9 Å². The summed E-state index contributed by atoms with van der Waals surface area (Å²) in [6.07, 6.45) is 3.62. The van der Waals surface area contributed by atoms with Crippen LogP contribution in [0.3, 0.4) is 0 Å². The number of nitrogens with zero attached hydrogens (tertiary/aromatic N) is 4. The molecule has 1 saturated carbocycles. The van der Waals surface area contributed by atoms with Gasteiger partial charge in [-0.25, -0.2) is 13.8 Å². The zero-order chi connectivity index (χ0) is 19.8. The van der Waals surface area contributed by atoms with Gasteiger partial charge in [-0.15, -0.1) is 10.2 Å². The van der Waals surface area contributed by atoms with Crippen LogP contribution in [-0.4, -0.2) is 19.7 Å². The molecule has 0 unspecified atom stereocenters. The van der Waals surface area contributed by atoms with Gasteiger partial charge in [0.25, 0.3) is 0 Å². The van der Waals surface area contributed by atoms with Crippen LogP contribution >= 0.6 is 11.8 Å². The number of hydrogen-bond donors (Lipinski definition) is 0. The van der Waals surface area contributed by atoms with Crippen LogP contribution in [0.1, 0.15) is 24.6 Å². The molecule has 4 aromatic rings. The standard InChI is InChI=1S/C21H16F2N4OS/c22-14-5-3-4-13(10-14)20-24-15(11-28-20)12-29-21-26-25-19(27(21)16-8-9-16)17-6-1-2-7-18(17)23/h1-7,10-11,16H,8-9,12H2. The molecule has 1 fully saturated rings. The highest BCUT2D eigenvalue weighted by molar-refractivity contribution is 7.98. The smallest absolute Gasteiger partial charge is 0.226 e. The van der Waals surface area contributed by atoms with Crippen LogP contribution in [0.2, 0.25) is 0 Å². The van der Waals surface area contributed by atoms with Gasteiger partial charge < -0.3 is 4.42 Å². The second-order valence-corrected chi connectivity index (χ2v) is 7.77. The number of aromatic nitrogens is 4. The highest BCUT2D eigenvalue weighted by Crippen LogP contribution is 2.41. The minimum atomic E-state index is -0.338. The molecule has 0 bridgehead atoms. The van der Waals surface area contributed by atoms with Crippen molar-refractivity contribution in [2.75, 3.05) is 0 Å². The van der Waals surface area contributed by atoms with E-state index >= 15 is 0 Å². The summed E-state index contributed by atoms with van der Waals surface area (Å²) in [5.41, 5.74) is 1.75. The number of rotatable bonds is 6. The number of thioether (sulfide) groups is 1. The Morgan fingerprint density at radius 3 is 2.72 bits per heavy atom. The normalized spacial score (nSPS) is 13.7. The van der Waals surface area contributed by atoms with Crippen molar-refractivity contribution >= 4 is 11.8 Å². The average molecular weight is 410 g/mol. The summed E-state index contributed by atoms with van der Waals surface area (Å²) in [5, 5.41) is 9.26. The predicted molar refractivity (Wildman–Crippen MR) is 105 cm³/mol. The largest absolute Gasteiger partial charge is 0.444 e. The molecular formula is C21H16F2N4OS. The predicted octanol–water partition coefficient (Wildman–Crippen LogP) is 5.51. The van der Waals surface area contributed by atoms with E-state index in [-0.39, 0.29) is 11.6 Å². The van der Waals surface area contributed by atoms with Crippen molar-refractivity contribution in [2.45, 2.75) is 29.8 Å². The fourth-order valence-corrected chi connectivity index (χ4v) is 4.01. The first-order chi connectivity index (χ1) is 14.2. The minimum Gasteiger partial charge on any atom is -0.444 e. The first kappa shape index (κ1) is 18.1. The third-order valence-electron chi connectivity index (χ3n) is 4.66. The Hall–Kier alpha value is -3.00. The molecule has 2 aromatic heterocycles. The Bertz CT molecular complexity index is 1170. The first-order valence-electron chi connectivity index (χ1n) is 9.22. The number of benzene rings is 2. The monoisotopic (exact) mass is 410 g/mol. The highest BCUT2D eigenvalue weighted by Gasteiger charge is 2.31. The van der Waals surface area contributed by atoms with Crippen LogP contribution in [0.15, 0.2) is 64.4 Å². The van der Waals surface area contributed by atoms with Gasteiger partial charge in [0.2, 0.25) is 5.89 Å². The number of hydrogen-bond acceptors (Lipinski definition) is 5. The lowest BCUT2D eigenvalue weighted by molar-refractivity contribution is 0.571. The van der Waals surface area contributed by atoms with Crippen molar-refractivity contribution in [1.82, 2.24) is 19.7 Å². The summed E-state index contributed by atoms with van der Waals surface area (Å²) in [4.78, 5) is 4.43. The summed E-state index contributed by atoms with van der Waals surface area (Å²) in [5.74, 6) is 0.787. The van der Waals surface area contributed by atoms with Crippen molar-refractivity contribution in [3.63, 3.8) is 0 Å². The molecule has 0 spiro atoms. The molecular weight excluding hydrogens is 394 g/mol. The van der Waals surface area contributed by atoms with E-state index in [0.717, 1.165) is 18.0 Å². The van der Waals surface area contributed by atoms with Gasteiger partial charge in [-0.3, -0.25) is 4.57 Å². The molecule has 5 nitrogen and oxygen atoms in total. The Labute approximate surface area is 169 Å². The van der Waals surface area contributed by atoms with E-state index < -0.39 is 0 Å². The summed E-state index contributed by atoms with van der Waals surface area (Å²) in [7, 11) is 0. The Kier molecular flexibility index (Phi) is 4.63. The zero-order valence-corrected chi connectivity index (χ0v) is 16.1. The van der Waals surface area contributed by atoms with Gasteiger partial charge in [-0.2, -0.15) is 0 Å². The van der Waals surface area contributed by atoms with Crippen LogP contribution in [0.5, 0.6) is 0 Å². The summed E-state index contributed by atoms with van der Waals surface area (Å²) in [6.45, 7) is 0. The molecule has 1 aliphatic carbocycles. The molecule has 29 heavy (non-hydrogen) atoms. The maximum atomic E-state index is 14.3. The molecule has 0 aliphatic heterocycles. The van der Waals surface area contributed by atoms with Crippen LogP contribution in [-0.2, 0) is 5.75 Å². The minimum absolute atomic E-state index is 0.294. The van der Waals surface area contributed by atoms with Gasteiger partial charge in [-0.1, -0.05) is 30.0 Å². The van der Waals surface area contributed by atoms with E-state index in [2.05, 4.69) is 15.2 Å². The van der Waals surface area contributed by atoms with Crippen LogP contribution in [0.4, 0.5) is 8.78 Å². The molecule has 0 atom stereocenters. The van der Waals surface area contributed by atoms with Crippen molar-refractivity contribution in [1.29, 1.82) is 0 Å². The van der Waals surface area contributed by atoms with Crippen LogP contribution < -0.4 is 0 Å². The summed E-state index contributed by atoms with van der Waals surface area (Å²) < 4.78 is 35.2. The fraction of sp³-hybridized carbons (Fsp3) is 0.190. The maximum absolute atomic E-state index is 14.3. The maximum Gasteiger partial charge on any atom is 0.226 e. The second kappa shape index (κ2) is 7.44. The van der Waals surface area contributed by atoms with Gasteiger partial charge >= 0.3 is 0 Å². The Morgan fingerprint density at radius 2 is 1.93 bits per heavy atom. The lowest BCUT2D eigenvalue weighted by atomic mass is 10.2. The number of halogens is 2. The van der Waals surface area contributed by atoms with Crippen LogP contribution in [0.25, 0.3) is 22.8 Å². The molecule has 2 heterocycles. The van der Waals surface area contributed by atoms with Gasteiger partial charge in [0.15, 0.2) is 11.0 Å². The third-order valence-corrected chi connectivity index (χ3v) is 5.64. The van der Waals surface area contributed by atoms with E-state index in [1.54, 1.807) is 36.6 Å². The molecule has 0 N–H and O–H groups in total. The summed E-state index contributed by atoms with van der Waals surface area (Å²) >= 11 is 1.47. The molecule has 146 valence electrons. The molecule has 2 aromatic carbocycles. The highest BCUT2D eigenvalue weighted by atomic mass is 32.2. The molecule has 0 radical (unpaired) electrons. The van der Waals surface area contributed by atoms with E-state index in [9.17, 15) is 8.78 Å². The molecule has 0 amide bonds. The molecule has 0 saturated heterocycles. The quantitative estimate of drug-likeness (QED) is 0.393. The van der Waals surface area contributed by atoms with Gasteiger partial charge in [-0.05, 0) is 43.2 Å². The van der Waals surface area contributed by atoms with Crippen molar-refractivity contribution < 1.29 is 13.2 Å². The van der Waals surface area contributed by atoms with E-state index in [4.69, 9.17) is 4.42 Å². The Balaban J connectivity index is 1.38. The summed E-state index contributed by atoms with van der Waals surface area (Å²) in [6, 6.07) is 13.0. The van der Waals surface area contributed by atoms with Crippen LogP contribution in [0, 0.1) is 11.6 Å². The lowest BCUT2D eigenvalue weighted by Gasteiger charge is -2.08. The fourth-order valence-electron chi connectivity index (χ4n) is 3.13. The molecule has 1 aliphatic rings. The molecule has 5 rings (SSSR count). The topological polar surface area (TPSA) is 56.7 Å². The van der Waals surface area contributed by atoms with Gasteiger partial charge in [0, 0.05) is 17.4 Å². The van der Waals surface area contributed by atoms with Crippen molar-refractivity contribution in [3.8, 4) is 22.8 Å². The average Bonchev–Trinajstić information content (AvgIpc) is 3.30. The first-order valence-corrected chi connectivity index (χ1v) is 10.2. The third kappa shape index (κ3) is 3.67. The Morgan fingerprint density at radius 1 is 1.07 bits per heavy atom. The zero-order valence-electron chi connectivity index (χ0n) is 15.3. The van der Waals surface area contributed by atoms with Gasteiger partial charge in [0.05, 0.1) is 11.3 Å². The van der Waals surface area contributed by atoms with E-state index in [0.29, 0.717) is 40.3 Å². The van der Waals surface area contributed by atoms with E-state index in [1.165, 1.54) is 30.0 Å². The SMILES string of the molecule is Fc1cccc(-c2nc(CSc3nnc(-c4ccccc4F)n3C3CC3)co2)c1. The molecule has 8 heteroatoms. The number of oxazole rings is 1.